The van der Waals surface area contributed by atoms with Crippen molar-refractivity contribution in [1.82, 2.24) is 20.5 Å². The molecule has 0 aliphatic rings. The Balaban J connectivity index is 1.42. The molecule has 7 nitrogen and oxygen atoms in total. The standard InChI is InChI=1S/C18H17FN6O/c19-14-6-4-13(5-7-14)18(26)22-12-11-21-16-8-9-17(25-24-16)23-15-3-1-2-10-20-15/h1-10H,11-12H2,(H,21,24)(H,22,26)(H,20,23,25). The lowest BCUT2D eigenvalue weighted by Gasteiger charge is -2.08. The van der Waals surface area contributed by atoms with Crippen LogP contribution in [0.5, 0.6) is 0 Å². The minimum Gasteiger partial charge on any atom is -0.367 e. The van der Waals surface area contributed by atoms with Crippen molar-refractivity contribution >= 4 is 23.4 Å². The van der Waals surface area contributed by atoms with Crippen LogP contribution in [0.2, 0.25) is 0 Å². The second-order valence-electron chi connectivity index (χ2n) is 5.33. The van der Waals surface area contributed by atoms with Crippen LogP contribution in [0.4, 0.5) is 21.8 Å². The van der Waals surface area contributed by atoms with E-state index in [0.29, 0.717) is 36.1 Å². The first kappa shape index (κ1) is 17.3. The molecule has 0 aliphatic carbocycles. The van der Waals surface area contributed by atoms with Crippen LogP contribution in [-0.2, 0) is 0 Å². The molecule has 2 aromatic heterocycles. The first-order chi connectivity index (χ1) is 12.7. The van der Waals surface area contributed by atoms with Crippen molar-refractivity contribution in [3.8, 4) is 0 Å². The fourth-order valence-electron chi connectivity index (χ4n) is 2.13. The molecular weight excluding hydrogens is 335 g/mol. The van der Waals surface area contributed by atoms with E-state index in [-0.39, 0.29) is 11.7 Å². The quantitative estimate of drug-likeness (QED) is 0.566. The van der Waals surface area contributed by atoms with E-state index in [1.165, 1.54) is 24.3 Å². The number of carbonyl (C=O) groups excluding carboxylic acids is 1. The molecule has 0 saturated heterocycles. The Morgan fingerprint density at radius 3 is 2.35 bits per heavy atom. The van der Waals surface area contributed by atoms with Crippen molar-refractivity contribution in [3.05, 3.63) is 72.2 Å². The van der Waals surface area contributed by atoms with Gasteiger partial charge in [0.1, 0.15) is 17.5 Å². The molecule has 26 heavy (non-hydrogen) atoms. The molecule has 3 rings (SSSR count). The van der Waals surface area contributed by atoms with Gasteiger partial charge in [-0.2, -0.15) is 0 Å². The average Bonchev–Trinajstić information content (AvgIpc) is 2.68. The maximum Gasteiger partial charge on any atom is 0.251 e. The highest BCUT2D eigenvalue weighted by molar-refractivity contribution is 5.94. The van der Waals surface area contributed by atoms with Crippen LogP contribution in [0.3, 0.4) is 0 Å². The van der Waals surface area contributed by atoms with Crippen molar-refractivity contribution in [2.45, 2.75) is 0 Å². The van der Waals surface area contributed by atoms with Gasteiger partial charge in [0.05, 0.1) is 0 Å². The normalized spacial score (nSPS) is 10.2. The van der Waals surface area contributed by atoms with Crippen molar-refractivity contribution in [2.24, 2.45) is 0 Å². The number of nitrogens with one attached hydrogen (secondary N) is 3. The Kier molecular flexibility index (Phi) is 5.66. The summed E-state index contributed by atoms with van der Waals surface area (Å²) in [5, 5.41) is 16.9. The first-order valence-corrected chi connectivity index (χ1v) is 8.00. The number of rotatable bonds is 7. The Hall–Kier alpha value is -3.55. The molecule has 3 aromatic rings. The summed E-state index contributed by atoms with van der Waals surface area (Å²) in [7, 11) is 0. The van der Waals surface area contributed by atoms with Crippen molar-refractivity contribution in [1.29, 1.82) is 0 Å². The van der Waals surface area contributed by atoms with Gasteiger partial charge in [-0.3, -0.25) is 4.79 Å². The lowest BCUT2D eigenvalue weighted by molar-refractivity contribution is 0.0955. The highest BCUT2D eigenvalue weighted by Crippen LogP contribution is 2.11. The summed E-state index contributed by atoms with van der Waals surface area (Å²) in [4.78, 5) is 16.0. The monoisotopic (exact) mass is 352 g/mol. The van der Waals surface area contributed by atoms with Crippen LogP contribution in [-0.4, -0.2) is 34.2 Å². The Bertz CT molecular complexity index is 840. The fraction of sp³-hybridized carbons (Fsp3) is 0.111. The van der Waals surface area contributed by atoms with Gasteiger partial charge in [-0.1, -0.05) is 6.07 Å². The third kappa shape index (κ3) is 4.97. The van der Waals surface area contributed by atoms with Crippen LogP contribution in [0.1, 0.15) is 10.4 Å². The van der Waals surface area contributed by atoms with Gasteiger partial charge in [0.15, 0.2) is 5.82 Å². The van der Waals surface area contributed by atoms with Gasteiger partial charge >= 0.3 is 0 Å². The Labute approximate surface area is 149 Å². The summed E-state index contributed by atoms with van der Waals surface area (Å²) in [6.07, 6.45) is 1.69. The predicted octanol–water partition coefficient (Wildman–Crippen LogP) is 2.60. The van der Waals surface area contributed by atoms with E-state index in [0.717, 1.165) is 0 Å². The fourth-order valence-corrected chi connectivity index (χ4v) is 2.13. The number of benzene rings is 1. The highest BCUT2D eigenvalue weighted by Gasteiger charge is 2.04. The second-order valence-corrected chi connectivity index (χ2v) is 5.33. The molecule has 0 fully saturated rings. The molecule has 0 bridgehead atoms. The first-order valence-electron chi connectivity index (χ1n) is 8.00. The minimum absolute atomic E-state index is 0.257. The molecule has 2 heterocycles. The van der Waals surface area contributed by atoms with Crippen molar-refractivity contribution < 1.29 is 9.18 Å². The van der Waals surface area contributed by atoms with Crippen molar-refractivity contribution in [3.63, 3.8) is 0 Å². The molecule has 0 aliphatic heterocycles. The number of hydrogen-bond acceptors (Lipinski definition) is 6. The SMILES string of the molecule is O=C(NCCNc1ccc(Nc2ccccn2)nn1)c1ccc(F)cc1. The van der Waals surface area contributed by atoms with Crippen LogP contribution in [0.25, 0.3) is 0 Å². The average molecular weight is 352 g/mol. The zero-order valence-electron chi connectivity index (χ0n) is 13.8. The minimum atomic E-state index is -0.372. The van der Waals surface area contributed by atoms with Crippen LogP contribution < -0.4 is 16.0 Å². The third-order valence-corrected chi connectivity index (χ3v) is 3.41. The number of halogens is 1. The van der Waals surface area contributed by atoms with E-state index in [2.05, 4.69) is 31.1 Å². The highest BCUT2D eigenvalue weighted by atomic mass is 19.1. The van der Waals surface area contributed by atoms with E-state index in [9.17, 15) is 9.18 Å². The number of aromatic nitrogens is 3. The van der Waals surface area contributed by atoms with Crippen LogP contribution in [0.15, 0.2) is 60.8 Å². The van der Waals surface area contributed by atoms with E-state index in [1.807, 2.05) is 18.2 Å². The van der Waals surface area contributed by atoms with E-state index < -0.39 is 0 Å². The second kappa shape index (κ2) is 8.52. The molecule has 0 atom stereocenters. The van der Waals surface area contributed by atoms with Gasteiger partial charge in [0.25, 0.3) is 5.91 Å². The number of pyridine rings is 1. The topological polar surface area (TPSA) is 91.8 Å². The molecule has 1 aromatic carbocycles. The van der Waals surface area contributed by atoms with Gasteiger partial charge in [0.2, 0.25) is 0 Å². The van der Waals surface area contributed by atoms with Gasteiger partial charge in [-0.15, -0.1) is 10.2 Å². The largest absolute Gasteiger partial charge is 0.367 e. The Morgan fingerprint density at radius 1 is 0.885 bits per heavy atom. The maximum atomic E-state index is 12.8. The lowest BCUT2D eigenvalue weighted by Crippen LogP contribution is -2.28. The molecule has 0 unspecified atom stereocenters. The molecule has 0 saturated carbocycles. The van der Waals surface area contributed by atoms with Crippen molar-refractivity contribution in [2.75, 3.05) is 23.7 Å². The molecule has 0 spiro atoms. The summed E-state index contributed by atoms with van der Waals surface area (Å²) in [5.41, 5.74) is 0.413. The smallest absolute Gasteiger partial charge is 0.251 e. The number of carbonyl (C=O) groups is 1. The summed E-state index contributed by atoms with van der Waals surface area (Å²) >= 11 is 0. The van der Waals surface area contributed by atoms with Gasteiger partial charge in [-0.25, -0.2) is 9.37 Å². The summed E-state index contributed by atoms with van der Waals surface area (Å²) in [6.45, 7) is 0.875. The lowest BCUT2D eigenvalue weighted by atomic mass is 10.2. The molecular formula is C18H17FN6O. The molecule has 1 amide bonds. The van der Waals surface area contributed by atoms with Crippen LogP contribution in [0, 0.1) is 5.82 Å². The van der Waals surface area contributed by atoms with E-state index in [1.54, 1.807) is 18.3 Å². The summed E-state index contributed by atoms with van der Waals surface area (Å²) < 4.78 is 12.8. The third-order valence-electron chi connectivity index (χ3n) is 3.41. The molecule has 3 N–H and O–H groups in total. The number of amides is 1. The van der Waals surface area contributed by atoms with E-state index in [4.69, 9.17) is 0 Å². The summed E-state index contributed by atoms with van der Waals surface area (Å²) in [6, 6.07) is 14.5. The maximum absolute atomic E-state index is 12.8. The number of anilines is 3. The van der Waals surface area contributed by atoms with Gasteiger partial charge in [-0.05, 0) is 48.5 Å². The van der Waals surface area contributed by atoms with Gasteiger partial charge in [0, 0.05) is 24.8 Å². The molecule has 8 heteroatoms. The zero-order chi connectivity index (χ0) is 18.2. The number of nitrogens with zero attached hydrogens (tertiary/aromatic N) is 3. The Morgan fingerprint density at radius 2 is 1.65 bits per heavy atom. The summed E-state index contributed by atoms with van der Waals surface area (Å²) in [5.74, 6) is 1.23. The van der Waals surface area contributed by atoms with Gasteiger partial charge < -0.3 is 16.0 Å². The van der Waals surface area contributed by atoms with E-state index >= 15 is 0 Å². The molecule has 132 valence electrons. The predicted molar refractivity (Wildman–Crippen MR) is 96.8 cm³/mol. The number of hydrogen-bond donors (Lipinski definition) is 3. The molecule has 0 radical (unpaired) electrons. The van der Waals surface area contributed by atoms with Crippen LogP contribution >= 0.6 is 0 Å². The zero-order valence-corrected chi connectivity index (χ0v) is 13.8.